The number of benzene rings is 9. The van der Waals surface area contributed by atoms with E-state index in [9.17, 15) is 0 Å². The lowest BCUT2D eigenvalue weighted by atomic mass is 9.97. The van der Waals surface area contributed by atoms with Crippen LogP contribution < -0.4 is 0 Å². The first-order valence-electron chi connectivity index (χ1n) is 22.3. The second-order valence-electron chi connectivity index (χ2n) is 17.3. The van der Waals surface area contributed by atoms with Crippen molar-refractivity contribution in [1.82, 2.24) is 9.13 Å². The van der Waals surface area contributed by atoms with Gasteiger partial charge in [0.05, 0.1) is 39.0 Å². The van der Waals surface area contributed by atoms with Crippen LogP contribution in [-0.2, 0) is 0 Å². The van der Waals surface area contributed by atoms with Crippen LogP contribution in [-0.4, -0.2) is 20.8 Å². The van der Waals surface area contributed by atoms with E-state index in [1.807, 2.05) is 18.2 Å². The molecule has 0 fully saturated rings. The number of fused-ring (bicyclic) bond motifs is 13. The van der Waals surface area contributed by atoms with E-state index < -0.39 is 0 Å². The molecule has 6 heteroatoms. The molecule has 14 rings (SSSR count). The van der Waals surface area contributed by atoms with Crippen LogP contribution in [0.1, 0.15) is 24.5 Å². The van der Waals surface area contributed by atoms with Gasteiger partial charge in [-0.25, -0.2) is 9.98 Å². The summed E-state index contributed by atoms with van der Waals surface area (Å²) in [6, 6.07) is 66.6. The average Bonchev–Trinajstić information content (AvgIpc) is 4.10. The maximum Gasteiger partial charge on any atom is 0.165 e. The molecule has 0 radical (unpaired) electrons. The first-order valence-corrected chi connectivity index (χ1v) is 22.3. The van der Waals surface area contributed by atoms with Gasteiger partial charge in [0, 0.05) is 54.6 Å². The number of furan rings is 2. The van der Waals surface area contributed by atoms with E-state index in [-0.39, 0.29) is 5.92 Å². The van der Waals surface area contributed by atoms with E-state index in [2.05, 4.69) is 192 Å². The highest BCUT2D eigenvalue weighted by molar-refractivity contribution is 6.23. The van der Waals surface area contributed by atoms with E-state index >= 15 is 0 Å². The quantitative estimate of drug-likeness (QED) is 0.178. The van der Waals surface area contributed by atoms with Crippen LogP contribution >= 0.6 is 0 Å². The molecule has 1 unspecified atom stereocenters. The lowest BCUT2D eigenvalue weighted by Gasteiger charge is -2.22. The van der Waals surface area contributed by atoms with E-state index in [4.69, 9.17) is 18.8 Å². The highest BCUT2D eigenvalue weighted by Gasteiger charge is 2.27. The first kappa shape index (κ1) is 36.0. The van der Waals surface area contributed by atoms with Gasteiger partial charge in [0.1, 0.15) is 28.2 Å². The van der Waals surface area contributed by atoms with Crippen LogP contribution in [0.5, 0.6) is 0 Å². The number of hydrogen-bond donors (Lipinski definition) is 0. The Morgan fingerprint density at radius 3 is 1.78 bits per heavy atom. The Balaban J connectivity index is 1.11. The Hall–Kier alpha value is -8.48. The Kier molecular flexibility index (Phi) is 7.63. The normalized spacial score (nSPS) is 15.7. The van der Waals surface area contributed by atoms with Crippen molar-refractivity contribution in [3.63, 3.8) is 0 Å². The van der Waals surface area contributed by atoms with E-state index in [1.165, 1.54) is 32.3 Å². The number of aliphatic imine (C=N–C) groups is 2. The summed E-state index contributed by atoms with van der Waals surface area (Å²) in [5.74, 6) is 1.48. The summed E-state index contributed by atoms with van der Waals surface area (Å²) in [6.07, 6.45) is 3.01. The summed E-state index contributed by atoms with van der Waals surface area (Å²) in [4.78, 5) is 11.6. The number of allylic oxidation sites excluding steroid dienone is 1. The standard InChI is InChI=1S/C59H38N4O2/c1-35-29-30-46(56-50(31-32-54-55(56)43-21-8-13-28-53(43)64-54)62-47-24-9-6-19-40(47)45-33-36-15-2-3-16-37(36)34-51(45)62)60-58(44-23-14-22-42-41-20-7-12-27-52(41)65-57(42)44)61-59(35)63-48-25-10-4-17-38(48)39-18-5-11-26-49(39)63/h2-28,30-35H,29H2,1H3/b46-30+,60-58?,61-59?. The summed E-state index contributed by atoms with van der Waals surface area (Å²) in [6.45, 7) is 2.29. The number of rotatable bonds is 3. The fraction of sp³-hybridized carbons (Fsp3) is 0.0508. The van der Waals surface area contributed by atoms with Gasteiger partial charge in [0.2, 0.25) is 0 Å². The van der Waals surface area contributed by atoms with Crippen molar-refractivity contribution >= 4 is 116 Å². The van der Waals surface area contributed by atoms with Crippen LogP contribution in [0.15, 0.2) is 213 Å². The number of aromatic nitrogens is 2. The second kappa shape index (κ2) is 13.8. The molecule has 9 aromatic carbocycles. The summed E-state index contributed by atoms with van der Waals surface area (Å²) < 4.78 is 18.2. The maximum absolute atomic E-state index is 6.78. The second-order valence-corrected chi connectivity index (χ2v) is 17.3. The number of amidine groups is 1. The molecule has 0 saturated heterocycles. The topological polar surface area (TPSA) is 60.9 Å². The predicted octanol–water partition coefficient (Wildman–Crippen LogP) is 15.6. The first-order chi connectivity index (χ1) is 32.2. The molecule has 306 valence electrons. The minimum atomic E-state index is -0.0204. The van der Waals surface area contributed by atoms with Crippen LogP contribution in [0.2, 0.25) is 0 Å². The third-order valence-electron chi connectivity index (χ3n) is 13.6. The van der Waals surface area contributed by atoms with Gasteiger partial charge in [0.25, 0.3) is 0 Å². The van der Waals surface area contributed by atoms with Gasteiger partial charge < -0.3 is 13.4 Å². The largest absolute Gasteiger partial charge is 0.456 e. The van der Waals surface area contributed by atoms with Crippen molar-refractivity contribution < 1.29 is 8.83 Å². The molecule has 0 spiro atoms. The Labute approximate surface area is 372 Å². The van der Waals surface area contributed by atoms with Crippen molar-refractivity contribution in [3.8, 4) is 5.69 Å². The molecule has 0 N–H and O–H groups in total. The Morgan fingerprint density at radius 2 is 1.05 bits per heavy atom. The van der Waals surface area contributed by atoms with Crippen molar-refractivity contribution in [1.29, 1.82) is 0 Å². The van der Waals surface area contributed by atoms with Crippen LogP contribution in [0.25, 0.3) is 110 Å². The van der Waals surface area contributed by atoms with Crippen molar-refractivity contribution in [2.24, 2.45) is 15.9 Å². The van der Waals surface area contributed by atoms with E-state index in [1.54, 1.807) is 0 Å². The van der Waals surface area contributed by atoms with Crippen molar-refractivity contribution in [3.05, 3.63) is 205 Å². The molecule has 5 heterocycles. The minimum absolute atomic E-state index is 0.0204. The molecule has 0 aliphatic carbocycles. The molecule has 1 aliphatic heterocycles. The molecule has 6 nitrogen and oxygen atoms in total. The summed E-state index contributed by atoms with van der Waals surface area (Å²) in [5.41, 5.74) is 11.3. The highest BCUT2D eigenvalue weighted by atomic mass is 16.3. The molecular weight excluding hydrogens is 797 g/mol. The smallest absolute Gasteiger partial charge is 0.165 e. The average molecular weight is 835 g/mol. The van der Waals surface area contributed by atoms with Gasteiger partial charge >= 0.3 is 0 Å². The molecule has 0 bridgehead atoms. The fourth-order valence-corrected chi connectivity index (χ4v) is 10.6. The Morgan fingerprint density at radius 1 is 0.462 bits per heavy atom. The number of hydrogen-bond acceptors (Lipinski definition) is 4. The lowest BCUT2D eigenvalue weighted by molar-refractivity contribution is 0.667. The zero-order chi connectivity index (χ0) is 42.8. The van der Waals surface area contributed by atoms with Gasteiger partial charge in [0.15, 0.2) is 5.84 Å². The summed E-state index contributed by atoms with van der Waals surface area (Å²) in [5, 5.41) is 11.3. The summed E-state index contributed by atoms with van der Waals surface area (Å²) >= 11 is 0. The van der Waals surface area contributed by atoms with Gasteiger partial charge in [-0.05, 0) is 77.9 Å². The number of nitrogens with zero attached hydrogens (tertiary/aromatic N) is 4. The highest BCUT2D eigenvalue weighted by Crippen LogP contribution is 2.44. The SMILES string of the molecule is CC1C/C=C(\c2c(-n3c4ccccc4c4cc5ccccc5cc43)ccc3oc4ccccc4c23)N=C(c2cccc3c2oc2ccccc23)N=C1n1c2ccccc2c2ccccc21. The third-order valence-corrected chi connectivity index (χ3v) is 13.6. The third kappa shape index (κ3) is 5.28. The van der Waals surface area contributed by atoms with E-state index in [0.717, 1.165) is 94.3 Å². The van der Waals surface area contributed by atoms with Crippen molar-refractivity contribution in [2.45, 2.75) is 13.3 Å². The monoisotopic (exact) mass is 834 g/mol. The molecule has 1 aliphatic rings. The molecule has 65 heavy (non-hydrogen) atoms. The maximum atomic E-state index is 6.78. The molecule has 13 aromatic rings. The molecule has 1 atom stereocenters. The van der Waals surface area contributed by atoms with Crippen LogP contribution in [0.3, 0.4) is 0 Å². The van der Waals surface area contributed by atoms with Crippen molar-refractivity contribution in [2.75, 3.05) is 0 Å². The molecule has 0 amide bonds. The van der Waals surface area contributed by atoms with Crippen LogP contribution in [0, 0.1) is 5.92 Å². The van der Waals surface area contributed by atoms with Gasteiger partial charge in [-0.2, -0.15) is 0 Å². The Bertz CT molecular complexity index is 4190. The summed E-state index contributed by atoms with van der Waals surface area (Å²) in [7, 11) is 0. The molecule has 4 aromatic heterocycles. The van der Waals surface area contributed by atoms with Crippen LogP contribution in [0.4, 0.5) is 0 Å². The van der Waals surface area contributed by atoms with Gasteiger partial charge in [-0.3, -0.25) is 4.57 Å². The van der Waals surface area contributed by atoms with E-state index in [0.29, 0.717) is 12.3 Å². The zero-order valence-corrected chi connectivity index (χ0v) is 35.4. The minimum Gasteiger partial charge on any atom is -0.456 e. The zero-order valence-electron chi connectivity index (χ0n) is 35.4. The predicted molar refractivity (Wildman–Crippen MR) is 270 cm³/mol. The van der Waals surface area contributed by atoms with Gasteiger partial charge in [-0.15, -0.1) is 0 Å². The molecule has 0 saturated carbocycles. The molecular formula is C59H38N4O2. The number of para-hydroxylation sites is 6. The van der Waals surface area contributed by atoms with Gasteiger partial charge in [-0.1, -0.05) is 140 Å². The lowest BCUT2D eigenvalue weighted by Crippen LogP contribution is -2.23. The fourth-order valence-electron chi connectivity index (χ4n) is 10.6.